The van der Waals surface area contributed by atoms with E-state index in [2.05, 4.69) is 20.3 Å². The zero-order chi connectivity index (χ0) is 18.7. The highest BCUT2D eigenvalue weighted by Gasteiger charge is 2.33. The van der Waals surface area contributed by atoms with Crippen LogP contribution < -0.4 is 10.2 Å². The molecule has 0 unspecified atom stereocenters. The fourth-order valence-electron chi connectivity index (χ4n) is 2.53. The average molecular weight is 364 g/mol. The molecule has 9 heteroatoms. The van der Waals surface area contributed by atoms with Gasteiger partial charge in [-0.25, -0.2) is 9.97 Å². The van der Waals surface area contributed by atoms with E-state index in [0.717, 1.165) is 17.1 Å². The van der Waals surface area contributed by atoms with Crippen molar-refractivity contribution in [2.24, 2.45) is 0 Å². The number of nitrogens with one attached hydrogen (secondary N) is 1. The molecule has 3 aromatic rings. The Morgan fingerprint density at radius 3 is 2.65 bits per heavy atom. The van der Waals surface area contributed by atoms with E-state index in [9.17, 15) is 13.2 Å². The summed E-state index contributed by atoms with van der Waals surface area (Å²) in [5.74, 6) is 0.175. The van der Waals surface area contributed by atoms with Gasteiger partial charge in [0.25, 0.3) is 0 Å². The molecular weight excluding hydrogens is 345 g/mol. The Labute approximate surface area is 148 Å². The second-order valence-electron chi connectivity index (χ2n) is 6.03. The first kappa shape index (κ1) is 18.0. The molecule has 3 rings (SSSR count). The summed E-state index contributed by atoms with van der Waals surface area (Å²) < 4.78 is 41.0. The van der Waals surface area contributed by atoms with E-state index in [1.165, 1.54) is 4.90 Å². The standard InChI is InChI=1S/C17H19F3N6/c1-25(2)15-10-14(17(18,19)20)23-16(24-15)21-8-5-9-26-11-22-12-6-3-4-7-13(12)26/h3-4,6-7,10-11H,5,8-9H2,1-2H3,(H,21,23,24). The zero-order valence-corrected chi connectivity index (χ0v) is 14.5. The van der Waals surface area contributed by atoms with Gasteiger partial charge >= 0.3 is 6.18 Å². The number of hydrogen-bond acceptors (Lipinski definition) is 5. The van der Waals surface area contributed by atoms with Crippen molar-refractivity contribution in [3.63, 3.8) is 0 Å². The summed E-state index contributed by atoms with van der Waals surface area (Å²) in [5.41, 5.74) is 0.981. The highest BCUT2D eigenvalue weighted by molar-refractivity contribution is 5.74. The second kappa shape index (κ2) is 7.19. The van der Waals surface area contributed by atoms with Gasteiger partial charge in [0.2, 0.25) is 5.95 Å². The first-order valence-corrected chi connectivity index (χ1v) is 8.12. The smallest absolute Gasteiger partial charge is 0.363 e. The van der Waals surface area contributed by atoms with E-state index in [4.69, 9.17) is 0 Å². The maximum absolute atomic E-state index is 13.0. The number of para-hydroxylation sites is 2. The van der Waals surface area contributed by atoms with Gasteiger partial charge in [-0.05, 0) is 18.6 Å². The summed E-state index contributed by atoms with van der Waals surface area (Å²) in [6.07, 6.45) is -2.06. The minimum absolute atomic E-state index is 0.0287. The summed E-state index contributed by atoms with van der Waals surface area (Å²) in [6.45, 7) is 1.13. The number of benzene rings is 1. The Morgan fingerprint density at radius 1 is 1.15 bits per heavy atom. The molecule has 0 radical (unpaired) electrons. The van der Waals surface area contributed by atoms with E-state index in [1.54, 1.807) is 20.4 Å². The van der Waals surface area contributed by atoms with Crippen molar-refractivity contribution in [2.45, 2.75) is 19.1 Å². The van der Waals surface area contributed by atoms with Crippen LogP contribution in [0.15, 0.2) is 36.7 Å². The topological polar surface area (TPSA) is 58.9 Å². The summed E-state index contributed by atoms with van der Waals surface area (Å²) in [4.78, 5) is 13.5. The van der Waals surface area contributed by atoms with Gasteiger partial charge in [-0.2, -0.15) is 18.2 Å². The van der Waals surface area contributed by atoms with E-state index in [1.807, 2.05) is 28.8 Å². The average Bonchev–Trinajstić information content (AvgIpc) is 3.01. The number of rotatable bonds is 6. The summed E-state index contributed by atoms with van der Waals surface area (Å²) in [7, 11) is 3.27. The zero-order valence-electron chi connectivity index (χ0n) is 14.5. The Kier molecular flexibility index (Phi) is 4.97. The van der Waals surface area contributed by atoms with Crippen LogP contribution >= 0.6 is 0 Å². The van der Waals surface area contributed by atoms with E-state index in [0.29, 0.717) is 19.5 Å². The normalized spacial score (nSPS) is 11.7. The van der Waals surface area contributed by atoms with Gasteiger partial charge in [-0.1, -0.05) is 12.1 Å². The molecule has 6 nitrogen and oxygen atoms in total. The number of nitrogens with zero attached hydrogens (tertiary/aromatic N) is 5. The molecule has 0 amide bonds. The lowest BCUT2D eigenvalue weighted by atomic mass is 10.3. The molecule has 138 valence electrons. The van der Waals surface area contributed by atoms with Crippen LogP contribution in [0.2, 0.25) is 0 Å². The maximum atomic E-state index is 13.0. The predicted molar refractivity (Wildman–Crippen MR) is 94.2 cm³/mol. The van der Waals surface area contributed by atoms with Crippen molar-refractivity contribution in [2.75, 3.05) is 30.9 Å². The van der Waals surface area contributed by atoms with Crippen molar-refractivity contribution < 1.29 is 13.2 Å². The first-order chi connectivity index (χ1) is 12.3. The molecule has 0 aliphatic rings. The molecule has 0 fully saturated rings. The fourth-order valence-corrected chi connectivity index (χ4v) is 2.53. The van der Waals surface area contributed by atoms with Crippen LogP contribution in [0.1, 0.15) is 12.1 Å². The highest BCUT2D eigenvalue weighted by atomic mass is 19.4. The van der Waals surface area contributed by atoms with Crippen LogP contribution in [-0.2, 0) is 12.7 Å². The third-order valence-corrected chi connectivity index (χ3v) is 3.85. The molecule has 0 bridgehead atoms. The molecule has 0 saturated heterocycles. The Hall–Kier alpha value is -2.84. The van der Waals surface area contributed by atoms with Crippen molar-refractivity contribution >= 4 is 22.8 Å². The second-order valence-corrected chi connectivity index (χ2v) is 6.03. The summed E-state index contributed by atoms with van der Waals surface area (Å²) in [5, 5.41) is 2.88. The fraction of sp³-hybridized carbons (Fsp3) is 0.353. The molecule has 0 atom stereocenters. The van der Waals surface area contributed by atoms with E-state index < -0.39 is 11.9 Å². The monoisotopic (exact) mass is 364 g/mol. The number of alkyl halides is 3. The van der Waals surface area contributed by atoms with E-state index in [-0.39, 0.29) is 11.8 Å². The Balaban J connectivity index is 1.65. The molecule has 1 aromatic carbocycles. The predicted octanol–water partition coefficient (Wildman–Crippen LogP) is 3.41. The SMILES string of the molecule is CN(C)c1cc(C(F)(F)F)nc(NCCCn2cnc3ccccc32)n1. The minimum Gasteiger partial charge on any atom is -0.363 e. The van der Waals surface area contributed by atoms with E-state index >= 15 is 0 Å². The minimum atomic E-state index is -4.51. The molecule has 0 spiro atoms. The third kappa shape index (κ3) is 4.04. The lowest BCUT2D eigenvalue weighted by Gasteiger charge is -2.16. The third-order valence-electron chi connectivity index (χ3n) is 3.85. The molecule has 0 aliphatic heterocycles. The number of aromatic nitrogens is 4. The largest absolute Gasteiger partial charge is 0.433 e. The highest BCUT2D eigenvalue weighted by Crippen LogP contribution is 2.30. The summed E-state index contributed by atoms with van der Waals surface area (Å²) >= 11 is 0. The molecule has 2 aromatic heterocycles. The number of anilines is 2. The van der Waals surface area contributed by atoms with Crippen molar-refractivity contribution in [3.8, 4) is 0 Å². The molecule has 1 N–H and O–H groups in total. The van der Waals surface area contributed by atoms with Gasteiger partial charge in [0.15, 0.2) is 5.69 Å². The van der Waals surface area contributed by atoms with Gasteiger partial charge in [0.1, 0.15) is 5.82 Å². The quantitative estimate of drug-likeness (QED) is 0.679. The van der Waals surface area contributed by atoms with Crippen molar-refractivity contribution in [1.82, 2.24) is 19.5 Å². The Bertz CT molecular complexity index is 888. The maximum Gasteiger partial charge on any atom is 0.433 e. The van der Waals surface area contributed by atoms with Gasteiger partial charge < -0.3 is 14.8 Å². The van der Waals surface area contributed by atoms with Crippen LogP contribution in [0.3, 0.4) is 0 Å². The van der Waals surface area contributed by atoms with Gasteiger partial charge in [-0.3, -0.25) is 0 Å². The molecule has 2 heterocycles. The number of fused-ring (bicyclic) bond motifs is 1. The number of imidazole rings is 1. The number of aryl methyl sites for hydroxylation is 1. The lowest BCUT2D eigenvalue weighted by Crippen LogP contribution is -2.18. The molecule has 0 aliphatic carbocycles. The van der Waals surface area contributed by atoms with Crippen molar-refractivity contribution in [3.05, 3.63) is 42.4 Å². The first-order valence-electron chi connectivity index (χ1n) is 8.12. The van der Waals surface area contributed by atoms with Gasteiger partial charge in [-0.15, -0.1) is 0 Å². The number of hydrogen-bond donors (Lipinski definition) is 1. The van der Waals surface area contributed by atoms with Crippen LogP contribution in [-0.4, -0.2) is 40.2 Å². The molecule has 26 heavy (non-hydrogen) atoms. The Morgan fingerprint density at radius 2 is 1.92 bits per heavy atom. The van der Waals surface area contributed by atoms with Crippen LogP contribution in [0.25, 0.3) is 11.0 Å². The lowest BCUT2D eigenvalue weighted by molar-refractivity contribution is -0.141. The van der Waals surface area contributed by atoms with Gasteiger partial charge in [0.05, 0.1) is 17.4 Å². The molecular formula is C17H19F3N6. The number of halogens is 3. The van der Waals surface area contributed by atoms with Crippen LogP contribution in [0.4, 0.5) is 24.9 Å². The van der Waals surface area contributed by atoms with Crippen LogP contribution in [0, 0.1) is 0 Å². The van der Waals surface area contributed by atoms with Crippen LogP contribution in [0.5, 0.6) is 0 Å². The molecule has 0 saturated carbocycles. The summed E-state index contributed by atoms with van der Waals surface area (Å²) in [6, 6.07) is 8.72. The van der Waals surface area contributed by atoms with Crippen molar-refractivity contribution in [1.29, 1.82) is 0 Å². The van der Waals surface area contributed by atoms with Gasteiger partial charge in [0, 0.05) is 33.3 Å².